The molecule has 1 saturated heterocycles. The Morgan fingerprint density at radius 3 is 3.00 bits per heavy atom. The number of halogens is 1. The summed E-state index contributed by atoms with van der Waals surface area (Å²) < 4.78 is 0. The van der Waals surface area contributed by atoms with E-state index in [0.717, 1.165) is 23.0 Å². The third kappa shape index (κ3) is 3.65. The van der Waals surface area contributed by atoms with Crippen LogP contribution in [0.3, 0.4) is 0 Å². The molecule has 0 bridgehead atoms. The number of thioether (sulfide) groups is 1. The number of aromatic amines is 1. The summed E-state index contributed by atoms with van der Waals surface area (Å²) in [5, 5.41) is 4.66. The Balaban J connectivity index is 1.44. The van der Waals surface area contributed by atoms with Crippen LogP contribution in [0.25, 0.3) is 10.9 Å². The average molecular weight is 378 g/mol. The number of nitrogens with zero attached hydrogens (tertiary/aromatic N) is 1. The smallest absolute Gasteiger partial charge is 0.243 e. The van der Waals surface area contributed by atoms with Gasteiger partial charge >= 0.3 is 0 Å². The number of aromatic nitrogens is 1. The van der Waals surface area contributed by atoms with Crippen molar-refractivity contribution in [3.8, 4) is 0 Å². The summed E-state index contributed by atoms with van der Waals surface area (Å²) in [5.41, 5.74) is 1.86. The maximum Gasteiger partial charge on any atom is 0.243 e. The van der Waals surface area contributed by atoms with Gasteiger partial charge in [0, 0.05) is 34.4 Å². The van der Waals surface area contributed by atoms with Crippen molar-refractivity contribution in [1.29, 1.82) is 0 Å². The largest absolute Gasteiger partial charge is 0.361 e. The zero-order valence-corrected chi connectivity index (χ0v) is 15.3. The Hall–Kier alpha value is -1.66. The molecule has 2 aliphatic rings. The first-order valence-electron chi connectivity index (χ1n) is 8.52. The fraction of sp³-hybridized carbons (Fsp3) is 0.444. The summed E-state index contributed by atoms with van der Waals surface area (Å²) in [7, 11) is 0. The molecule has 2 N–H and O–H groups in total. The van der Waals surface area contributed by atoms with Gasteiger partial charge in [0.05, 0.1) is 12.3 Å². The van der Waals surface area contributed by atoms with E-state index in [2.05, 4.69) is 10.3 Å². The molecule has 1 atom stereocenters. The van der Waals surface area contributed by atoms with Gasteiger partial charge in [0.2, 0.25) is 11.8 Å². The lowest BCUT2D eigenvalue weighted by molar-refractivity contribution is -0.137. The zero-order chi connectivity index (χ0) is 17.4. The topological polar surface area (TPSA) is 65.2 Å². The van der Waals surface area contributed by atoms with Crippen molar-refractivity contribution in [2.24, 2.45) is 5.92 Å². The highest BCUT2D eigenvalue weighted by Crippen LogP contribution is 2.28. The van der Waals surface area contributed by atoms with Gasteiger partial charge in [-0.1, -0.05) is 17.7 Å². The minimum absolute atomic E-state index is 0.00702. The van der Waals surface area contributed by atoms with Crippen LogP contribution in [0.15, 0.2) is 24.4 Å². The normalized spacial score (nSPS) is 20.2. The second kappa shape index (κ2) is 6.92. The van der Waals surface area contributed by atoms with E-state index in [9.17, 15) is 9.59 Å². The van der Waals surface area contributed by atoms with Crippen LogP contribution in [-0.4, -0.2) is 45.9 Å². The maximum atomic E-state index is 12.8. The van der Waals surface area contributed by atoms with Crippen LogP contribution in [0.2, 0.25) is 5.02 Å². The number of nitrogens with one attached hydrogen (secondary N) is 2. The lowest BCUT2D eigenvalue weighted by atomic mass is 10.1. The standard InChI is InChI=1S/C18H20ClN3O2S/c19-13-3-4-14-12(8-20-15(14)6-13)5-17(23)22-10-25-9-16(22)18(24)21-7-11-1-2-11/h3-4,6,8,11,16,20H,1-2,5,7,9-10H2,(H,21,24). The molecule has 4 rings (SSSR count). The average Bonchev–Trinajstić information content (AvgIpc) is 3.14. The molecule has 132 valence electrons. The molecule has 5 nitrogen and oxygen atoms in total. The van der Waals surface area contributed by atoms with Gasteiger partial charge in [-0.25, -0.2) is 0 Å². The third-order valence-corrected chi connectivity index (χ3v) is 6.09. The van der Waals surface area contributed by atoms with Crippen molar-refractivity contribution < 1.29 is 9.59 Å². The number of hydrogen-bond acceptors (Lipinski definition) is 3. The van der Waals surface area contributed by atoms with Crippen molar-refractivity contribution in [2.45, 2.75) is 25.3 Å². The highest BCUT2D eigenvalue weighted by Gasteiger charge is 2.35. The molecule has 0 radical (unpaired) electrons. The molecule has 2 amide bonds. The predicted molar refractivity (Wildman–Crippen MR) is 101 cm³/mol. The Kier molecular flexibility index (Phi) is 4.65. The Labute approximate surface area is 155 Å². The van der Waals surface area contributed by atoms with Crippen LogP contribution >= 0.6 is 23.4 Å². The van der Waals surface area contributed by atoms with Gasteiger partial charge in [-0.05, 0) is 36.5 Å². The van der Waals surface area contributed by atoms with E-state index < -0.39 is 0 Å². The van der Waals surface area contributed by atoms with Crippen LogP contribution in [0.1, 0.15) is 18.4 Å². The summed E-state index contributed by atoms with van der Waals surface area (Å²) in [4.78, 5) is 30.1. The van der Waals surface area contributed by atoms with Crippen molar-refractivity contribution in [3.63, 3.8) is 0 Å². The lowest BCUT2D eigenvalue weighted by Crippen LogP contribution is -2.48. The first-order valence-corrected chi connectivity index (χ1v) is 10.1. The summed E-state index contributed by atoms with van der Waals surface area (Å²) >= 11 is 7.64. The van der Waals surface area contributed by atoms with Crippen molar-refractivity contribution in [2.75, 3.05) is 18.2 Å². The SMILES string of the molecule is O=C(NCC1CC1)C1CSCN1C(=O)Cc1c[nH]c2cc(Cl)ccc12. The van der Waals surface area contributed by atoms with Gasteiger partial charge in [0.15, 0.2) is 0 Å². The number of amides is 2. The monoisotopic (exact) mass is 377 g/mol. The van der Waals surface area contributed by atoms with E-state index in [-0.39, 0.29) is 24.3 Å². The molecule has 0 spiro atoms. The van der Waals surface area contributed by atoms with Crippen LogP contribution in [0.4, 0.5) is 0 Å². The Morgan fingerprint density at radius 2 is 2.20 bits per heavy atom. The van der Waals surface area contributed by atoms with Crippen molar-refractivity contribution in [3.05, 3.63) is 35.0 Å². The zero-order valence-electron chi connectivity index (χ0n) is 13.8. The minimum atomic E-state index is -0.351. The molecule has 25 heavy (non-hydrogen) atoms. The highest BCUT2D eigenvalue weighted by atomic mass is 35.5. The molecule has 2 aromatic rings. The fourth-order valence-corrected chi connectivity index (χ4v) is 4.51. The molecule has 7 heteroatoms. The van der Waals surface area contributed by atoms with E-state index >= 15 is 0 Å². The summed E-state index contributed by atoms with van der Waals surface area (Å²) in [6.45, 7) is 0.741. The molecule has 1 aromatic heterocycles. The van der Waals surface area contributed by atoms with Crippen LogP contribution in [0.5, 0.6) is 0 Å². The third-order valence-electron chi connectivity index (χ3n) is 4.84. The van der Waals surface area contributed by atoms with Gasteiger partial charge in [-0.3, -0.25) is 9.59 Å². The summed E-state index contributed by atoms with van der Waals surface area (Å²) in [6, 6.07) is 5.25. The second-order valence-corrected chi connectivity index (χ2v) is 8.18. The molecule has 1 saturated carbocycles. The molecule has 1 aliphatic carbocycles. The Morgan fingerprint density at radius 1 is 1.36 bits per heavy atom. The van der Waals surface area contributed by atoms with E-state index in [4.69, 9.17) is 11.6 Å². The summed E-state index contributed by atoms with van der Waals surface area (Å²) in [5.74, 6) is 1.86. The van der Waals surface area contributed by atoms with Crippen LogP contribution in [0, 0.1) is 5.92 Å². The number of hydrogen-bond donors (Lipinski definition) is 2. The van der Waals surface area contributed by atoms with E-state index in [1.54, 1.807) is 16.7 Å². The first kappa shape index (κ1) is 16.8. The van der Waals surface area contributed by atoms with E-state index in [1.165, 1.54) is 12.8 Å². The first-order chi connectivity index (χ1) is 12.1. The van der Waals surface area contributed by atoms with E-state index in [0.29, 0.717) is 22.6 Å². The van der Waals surface area contributed by atoms with Gasteiger partial charge in [-0.15, -0.1) is 11.8 Å². The van der Waals surface area contributed by atoms with Gasteiger partial charge < -0.3 is 15.2 Å². The Bertz CT molecular complexity index is 818. The fourth-order valence-electron chi connectivity index (χ4n) is 3.16. The molecule has 1 aromatic carbocycles. The molecular formula is C18H20ClN3O2S. The quantitative estimate of drug-likeness (QED) is 0.842. The number of fused-ring (bicyclic) bond motifs is 1. The van der Waals surface area contributed by atoms with E-state index in [1.807, 2.05) is 24.4 Å². The van der Waals surface area contributed by atoms with Crippen LogP contribution in [-0.2, 0) is 16.0 Å². The second-order valence-electron chi connectivity index (χ2n) is 6.75. The molecule has 2 fully saturated rings. The van der Waals surface area contributed by atoms with Crippen LogP contribution < -0.4 is 5.32 Å². The molecule has 1 unspecified atom stereocenters. The van der Waals surface area contributed by atoms with Gasteiger partial charge in [-0.2, -0.15) is 0 Å². The number of carbonyl (C=O) groups excluding carboxylic acids is 2. The maximum absolute atomic E-state index is 12.8. The molecule has 1 aliphatic heterocycles. The number of carbonyl (C=O) groups is 2. The predicted octanol–water partition coefficient (Wildman–Crippen LogP) is 2.79. The highest BCUT2D eigenvalue weighted by molar-refractivity contribution is 7.99. The minimum Gasteiger partial charge on any atom is -0.361 e. The van der Waals surface area contributed by atoms with Crippen molar-refractivity contribution in [1.82, 2.24) is 15.2 Å². The molecule has 2 heterocycles. The van der Waals surface area contributed by atoms with Gasteiger partial charge in [0.25, 0.3) is 0 Å². The number of benzene rings is 1. The molecular weight excluding hydrogens is 358 g/mol. The summed E-state index contributed by atoms with van der Waals surface area (Å²) in [6.07, 6.45) is 4.54. The van der Waals surface area contributed by atoms with Gasteiger partial charge in [0.1, 0.15) is 6.04 Å². The lowest BCUT2D eigenvalue weighted by Gasteiger charge is -2.23. The van der Waals surface area contributed by atoms with Crippen molar-refractivity contribution >= 4 is 46.1 Å². The number of H-pyrrole nitrogens is 1. The number of rotatable bonds is 5.